The number of aromatic carboxylic acids is 1. The average molecular weight is 192 g/mol. The number of aromatic nitrogens is 2. The van der Waals surface area contributed by atoms with E-state index >= 15 is 0 Å². The van der Waals surface area contributed by atoms with Gasteiger partial charge in [0.2, 0.25) is 11.5 Å². The highest BCUT2D eigenvalue weighted by atomic mass is 16.4. The van der Waals surface area contributed by atoms with E-state index in [9.17, 15) is 4.79 Å². The summed E-state index contributed by atoms with van der Waals surface area (Å²) in [5.41, 5.74) is 0.328. The van der Waals surface area contributed by atoms with Crippen molar-refractivity contribution in [2.75, 3.05) is 0 Å². The van der Waals surface area contributed by atoms with Crippen LogP contribution in [0.1, 0.15) is 23.3 Å². The summed E-state index contributed by atoms with van der Waals surface area (Å²) in [5.74, 6) is -0.563. The Hall–Kier alpha value is -1.91. The molecule has 1 N–H and O–H groups in total. The summed E-state index contributed by atoms with van der Waals surface area (Å²) in [6.45, 7) is 1.92. The molecule has 0 saturated carbocycles. The molecule has 2 rings (SSSR count). The normalized spacial score (nSPS) is 10.6. The van der Waals surface area contributed by atoms with Crippen LogP contribution in [0.15, 0.2) is 16.7 Å². The van der Waals surface area contributed by atoms with E-state index in [4.69, 9.17) is 9.52 Å². The van der Waals surface area contributed by atoms with Crippen LogP contribution in [-0.4, -0.2) is 21.0 Å². The maximum atomic E-state index is 10.6. The van der Waals surface area contributed by atoms with Gasteiger partial charge in [-0.2, -0.15) is 4.98 Å². The van der Waals surface area contributed by atoms with Gasteiger partial charge >= 0.3 is 5.97 Å². The predicted octanol–water partition coefficient (Wildman–Crippen LogP) is 1.48. The zero-order valence-corrected chi connectivity index (χ0v) is 7.52. The quantitative estimate of drug-likeness (QED) is 0.779. The van der Waals surface area contributed by atoms with Crippen molar-refractivity contribution in [1.82, 2.24) is 9.97 Å². The Labute approximate surface area is 79.4 Å². The summed E-state index contributed by atoms with van der Waals surface area (Å²) in [6.07, 6.45) is 2.26. The number of furan rings is 1. The summed E-state index contributed by atoms with van der Waals surface area (Å²) >= 11 is 0. The molecule has 0 aromatic carbocycles. The van der Waals surface area contributed by atoms with Crippen LogP contribution in [0.4, 0.5) is 0 Å². The maximum Gasteiger partial charge on any atom is 0.371 e. The van der Waals surface area contributed by atoms with Crippen molar-refractivity contribution in [3.8, 4) is 0 Å². The zero-order valence-electron chi connectivity index (χ0n) is 7.52. The van der Waals surface area contributed by atoms with Crippen molar-refractivity contribution >= 4 is 17.1 Å². The van der Waals surface area contributed by atoms with E-state index in [0.717, 1.165) is 0 Å². The van der Waals surface area contributed by atoms with Crippen molar-refractivity contribution in [3.63, 3.8) is 0 Å². The minimum atomic E-state index is -1.10. The van der Waals surface area contributed by atoms with Crippen molar-refractivity contribution in [1.29, 1.82) is 0 Å². The van der Waals surface area contributed by atoms with Gasteiger partial charge in [0.25, 0.3) is 0 Å². The van der Waals surface area contributed by atoms with Crippen molar-refractivity contribution in [3.05, 3.63) is 23.8 Å². The number of carboxylic acid groups (broad SMARTS) is 1. The Morgan fingerprint density at radius 1 is 1.64 bits per heavy atom. The number of hydrogen-bond acceptors (Lipinski definition) is 4. The molecule has 2 heterocycles. The Bertz CT molecular complexity index is 490. The first-order valence-corrected chi connectivity index (χ1v) is 4.19. The highest BCUT2D eigenvalue weighted by Gasteiger charge is 2.11. The van der Waals surface area contributed by atoms with E-state index in [-0.39, 0.29) is 5.76 Å². The fourth-order valence-electron chi connectivity index (χ4n) is 1.14. The molecule has 0 radical (unpaired) electrons. The third-order valence-electron chi connectivity index (χ3n) is 1.85. The fraction of sp³-hybridized carbons (Fsp3) is 0.222. The largest absolute Gasteiger partial charge is 0.475 e. The molecule has 14 heavy (non-hydrogen) atoms. The van der Waals surface area contributed by atoms with Crippen molar-refractivity contribution in [2.24, 2.45) is 0 Å². The third-order valence-corrected chi connectivity index (χ3v) is 1.85. The minimum absolute atomic E-state index is 0.109. The molecule has 72 valence electrons. The Morgan fingerprint density at radius 3 is 3.07 bits per heavy atom. The molecule has 0 aliphatic carbocycles. The van der Waals surface area contributed by atoms with Gasteiger partial charge in [-0.05, 0) is 0 Å². The minimum Gasteiger partial charge on any atom is -0.475 e. The topological polar surface area (TPSA) is 76.2 Å². The molecule has 0 aliphatic rings. The summed E-state index contributed by atoms with van der Waals surface area (Å²) < 4.78 is 5.02. The molecule has 0 spiro atoms. The number of rotatable bonds is 2. The smallest absolute Gasteiger partial charge is 0.371 e. The van der Waals surface area contributed by atoms with E-state index in [0.29, 0.717) is 23.3 Å². The van der Waals surface area contributed by atoms with Gasteiger partial charge in [-0.25, -0.2) is 9.78 Å². The maximum absolute atomic E-state index is 10.6. The summed E-state index contributed by atoms with van der Waals surface area (Å²) in [4.78, 5) is 18.7. The summed E-state index contributed by atoms with van der Waals surface area (Å²) in [5, 5.41) is 9.28. The van der Waals surface area contributed by atoms with Crippen LogP contribution in [0, 0.1) is 0 Å². The molecule has 0 amide bonds. The monoisotopic (exact) mass is 192 g/mol. The van der Waals surface area contributed by atoms with Crippen LogP contribution in [0.25, 0.3) is 11.1 Å². The number of carbonyl (C=O) groups is 1. The van der Waals surface area contributed by atoms with Crippen LogP contribution in [0.2, 0.25) is 0 Å². The molecule has 0 bridgehead atoms. The van der Waals surface area contributed by atoms with Crippen LogP contribution < -0.4 is 0 Å². The van der Waals surface area contributed by atoms with Gasteiger partial charge < -0.3 is 9.52 Å². The molecule has 2 aromatic heterocycles. The molecule has 0 atom stereocenters. The molecule has 0 aliphatic heterocycles. The molecule has 2 aromatic rings. The number of fused-ring (bicyclic) bond motifs is 1. The van der Waals surface area contributed by atoms with Gasteiger partial charge in [0.05, 0.1) is 5.39 Å². The predicted molar refractivity (Wildman–Crippen MR) is 48.1 cm³/mol. The van der Waals surface area contributed by atoms with Gasteiger partial charge in [-0.15, -0.1) is 0 Å². The highest BCUT2D eigenvalue weighted by molar-refractivity contribution is 5.89. The lowest BCUT2D eigenvalue weighted by Gasteiger charge is -1.91. The fourth-order valence-corrected chi connectivity index (χ4v) is 1.14. The van der Waals surface area contributed by atoms with E-state index in [1.54, 1.807) is 6.20 Å². The lowest BCUT2D eigenvalue weighted by Crippen LogP contribution is -1.91. The Balaban J connectivity index is 2.60. The molecule has 5 nitrogen and oxygen atoms in total. The number of aryl methyl sites for hydroxylation is 1. The second-order valence-electron chi connectivity index (χ2n) is 2.82. The van der Waals surface area contributed by atoms with Crippen molar-refractivity contribution < 1.29 is 14.3 Å². The number of nitrogens with zero attached hydrogens (tertiary/aromatic N) is 2. The first-order chi connectivity index (χ1) is 6.70. The second kappa shape index (κ2) is 3.10. The first kappa shape index (κ1) is 8.68. The molecule has 0 fully saturated rings. The van der Waals surface area contributed by atoms with E-state index < -0.39 is 5.97 Å². The average Bonchev–Trinajstić information content (AvgIpc) is 2.59. The Kier molecular flexibility index (Phi) is 1.92. The summed E-state index contributed by atoms with van der Waals surface area (Å²) in [6, 6.07) is 1.41. The van der Waals surface area contributed by atoms with E-state index in [1.807, 2.05) is 6.92 Å². The van der Waals surface area contributed by atoms with E-state index in [2.05, 4.69) is 9.97 Å². The van der Waals surface area contributed by atoms with Gasteiger partial charge in [0, 0.05) is 18.7 Å². The van der Waals surface area contributed by atoms with Gasteiger partial charge in [-0.1, -0.05) is 6.92 Å². The van der Waals surface area contributed by atoms with Crippen LogP contribution in [-0.2, 0) is 6.42 Å². The zero-order chi connectivity index (χ0) is 10.1. The molecule has 0 unspecified atom stereocenters. The van der Waals surface area contributed by atoms with Gasteiger partial charge in [-0.3, -0.25) is 0 Å². The number of carboxylic acids is 1. The first-order valence-electron chi connectivity index (χ1n) is 4.19. The standard InChI is InChI=1S/C9H8N2O3/c1-2-7-10-4-5-3-6(9(12)13)14-8(5)11-7/h3-4H,2H2,1H3,(H,12,13). The van der Waals surface area contributed by atoms with Crippen molar-refractivity contribution in [2.45, 2.75) is 13.3 Å². The second-order valence-corrected chi connectivity index (χ2v) is 2.82. The van der Waals surface area contributed by atoms with Gasteiger partial charge in [0.1, 0.15) is 5.82 Å². The summed E-state index contributed by atoms with van der Waals surface area (Å²) in [7, 11) is 0. The Morgan fingerprint density at radius 2 is 2.43 bits per heavy atom. The van der Waals surface area contributed by atoms with Gasteiger partial charge in [0.15, 0.2) is 0 Å². The SMILES string of the molecule is CCc1ncc2cc(C(=O)O)oc2n1. The molecule has 5 heteroatoms. The van der Waals surface area contributed by atoms with Crippen LogP contribution >= 0.6 is 0 Å². The van der Waals surface area contributed by atoms with Crippen LogP contribution in [0.3, 0.4) is 0 Å². The number of hydrogen-bond donors (Lipinski definition) is 1. The lowest BCUT2D eigenvalue weighted by molar-refractivity contribution is 0.0664. The van der Waals surface area contributed by atoms with Crippen LogP contribution in [0.5, 0.6) is 0 Å². The highest BCUT2D eigenvalue weighted by Crippen LogP contribution is 2.16. The van der Waals surface area contributed by atoms with E-state index in [1.165, 1.54) is 6.07 Å². The third kappa shape index (κ3) is 1.32. The lowest BCUT2D eigenvalue weighted by atomic mass is 10.3. The molecular formula is C9H8N2O3. The molecule has 0 saturated heterocycles. The molecular weight excluding hydrogens is 184 g/mol.